The van der Waals surface area contributed by atoms with Crippen molar-refractivity contribution in [2.45, 2.75) is 18.4 Å². The van der Waals surface area contributed by atoms with Crippen LogP contribution in [-0.2, 0) is 21.4 Å². The first-order chi connectivity index (χ1) is 16.3. The van der Waals surface area contributed by atoms with E-state index in [1.165, 1.54) is 41.8 Å². The van der Waals surface area contributed by atoms with Gasteiger partial charge in [-0.3, -0.25) is 13.9 Å². The van der Waals surface area contributed by atoms with Gasteiger partial charge in [0.15, 0.2) is 0 Å². The summed E-state index contributed by atoms with van der Waals surface area (Å²) in [6.45, 7) is 1.64. The number of pyridine rings is 1. The van der Waals surface area contributed by atoms with Crippen LogP contribution in [0.15, 0.2) is 82.6 Å². The minimum atomic E-state index is -4.00. The molecule has 10 heteroatoms. The van der Waals surface area contributed by atoms with Gasteiger partial charge in [-0.1, -0.05) is 18.2 Å². The molecule has 1 N–H and O–H groups in total. The molecule has 0 aliphatic carbocycles. The van der Waals surface area contributed by atoms with Crippen LogP contribution < -0.4 is 15.0 Å². The molecule has 0 saturated heterocycles. The summed E-state index contributed by atoms with van der Waals surface area (Å²) in [6, 6.07) is 16.9. The van der Waals surface area contributed by atoms with E-state index < -0.39 is 16.0 Å². The molecular weight excluding hydrogens is 458 g/mol. The minimum absolute atomic E-state index is 0.0382. The van der Waals surface area contributed by atoms with Crippen molar-refractivity contribution in [2.24, 2.45) is 0 Å². The second-order valence-corrected chi connectivity index (χ2v) is 9.11. The molecule has 0 aliphatic rings. The van der Waals surface area contributed by atoms with Crippen LogP contribution in [0.3, 0.4) is 0 Å². The summed E-state index contributed by atoms with van der Waals surface area (Å²) in [5, 5.41) is 0. The SMILES string of the molecule is COc1ccccc1NS(=O)(=O)c1cccc(C(=O)OCc2cc(=O)n3ccc(C)cc3n2)c1. The van der Waals surface area contributed by atoms with Crippen LogP contribution in [0, 0.1) is 6.92 Å². The molecule has 4 rings (SSSR count). The molecule has 0 fully saturated rings. The maximum absolute atomic E-state index is 12.8. The van der Waals surface area contributed by atoms with Gasteiger partial charge in [0.05, 0.1) is 29.0 Å². The highest BCUT2D eigenvalue weighted by molar-refractivity contribution is 7.92. The Kier molecular flexibility index (Phi) is 6.33. The molecule has 174 valence electrons. The van der Waals surface area contributed by atoms with Gasteiger partial charge in [-0.2, -0.15) is 0 Å². The standard InChI is InChI=1S/C24H21N3O6S/c1-16-10-11-27-22(12-16)25-18(14-23(27)28)15-33-24(29)17-6-5-7-19(13-17)34(30,31)26-20-8-3-4-9-21(20)32-2/h3-14,26H,15H2,1-2H3. The second kappa shape index (κ2) is 9.36. The number of benzene rings is 2. The molecule has 0 bridgehead atoms. The highest BCUT2D eigenvalue weighted by Crippen LogP contribution is 2.26. The third kappa shape index (κ3) is 4.91. The quantitative estimate of drug-likeness (QED) is 0.405. The fourth-order valence-corrected chi connectivity index (χ4v) is 4.39. The topological polar surface area (TPSA) is 116 Å². The zero-order valence-corrected chi connectivity index (χ0v) is 19.2. The Balaban J connectivity index is 1.52. The molecule has 2 aromatic heterocycles. The van der Waals surface area contributed by atoms with E-state index in [2.05, 4.69) is 9.71 Å². The number of anilines is 1. The fourth-order valence-electron chi connectivity index (χ4n) is 3.27. The number of esters is 1. The number of nitrogens with one attached hydrogen (secondary N) is 1. The smallest absolute Gasteiger partial charge is 0.338 e. The Bertz CT molecular complexity index is 1550. The predicted octanol–water partition coefficient (Wildman–Crippen LogP) is 3.17. The van der Waals surface area contributed by atoms with Gasteiger partial charge in [-0.05, 0) is 55.0 Å². The second-order valence-electron chi connectivity index (χ2n) is 7.43. The molecule has 0 atom stereocenters. The number of nitrogens with zero attached hydrogens (tertiary/aromatic N) is 2. The number of methoxy groups -OCH3 is 1. The Morgan fingerprint density at radius 2 is 1.85 bits per heavy atom. The van der Waals surface area contributed by atoms with Crippen LogP contribution in [0.5, 0.6) is 5.75 Å². The highest BCUT2D eigenvalue weighted by atomic mass is 32.2. The number of carbonyl (C=O) groups is 1. The van der Waals surface area contributed by atoms with Gasteiger partial charge in [0.25, 0.3) is 15.6 Å². The first kappa shape index (κ1) is 23.0. The lowest BCUT2D eigenvalue weighted by molar-refractivity contribution is 0.0467. The minimum Gasteiger partial charge on any atom is -0.495 e. The van der Waals surface area contributed by atoms with E-state index in [1.54, 1.807) is 42.6 Å². The Morgan fingerprint density at radius 1 is 1.06 bits per heavy atom. The van der Waals surface area contributed by atoms with Crippen molar-refractivity contribution in [2.75, 3.05) is 11.8 Å². The summed E-state index contributed by atoms with van der Waals surface area (Å²) in [7, 11) is -2.56. The average Bonchev–Trinajstić information content (AvgIpc) is 2.82. The van der Waals surface area contributed by atoms with Crippen molar-refractivity contribution < 1.29 is 22.7 Å². The molecule has 0 saturated carbocycles. The van der Waals surface area contributed by atoms with Crippen molar-refractivity contribution in [3.8, 4) is 5.75 Å². The van der Waals surface area contributed by atoms with Crippen molar-refractivity contribution in [1.29, 1.82) is 0 Å². The lowest BCUT2D eigenvalue weighted by Crippen LogP contribution is -2.17. The maximum atomic E-state index is 12.8. The average molecular weight is 480 g/mol. The summed E-state index contributed by atoms with van der Waals surface area (Å²) in [5.41, 5.74) is 1.66. The zero-order chi connectivity index (χ0) is 24.3. The molecule has 0 unspecified atom stereocenters. The van der Waals surface area contributed by atoms with Crippen LogP contribution in [0.1, 0.15) is 21.6 Å². The first-order valence-electron chi connectivity index (χ1n) is 10.2. The van der Waals surface area contributed by atoms with Gasteiger partial charge < -0.3 is 9.47 Å². The summed E-state index contributed by atoms with van der Waals surface area (Å²) in [5.74, 6) is -0.392. The van der Waals surface area contributed by atoms with E-state index in [-0.39, 0.29) is 34.0 Å². The van der Waals surface area contributed by atoms with E-state index in [0.717, 1.165) is 5.56 Å². The molecule has 0 aliphatic heterocycles. The van der Waals surface area contributed by atoms with Gasteiger partial charge >= 0.3 is 5.97 Å². The zero-order valence-electron chi connectivity index (χ0n) is 18.4. The Hall–Kier alpha value is -4.18. The van der Waals surface area contributed by atoms with Crippen LogP contribution in [0.4, 0.5) is 5.69 Å². The van der Waals surface area contributed by atoms with E-state index >= 15 is 0 Å². The summed E-state index contributed by atoms with van der Waals surface area (Å²) < 4.78 is 40.0. The Morgan fingerprint density at radius 3 is 2.65 bits per heavy atom. The number of hydrogen-bond acceptors (Lipinski definition) is 7. The number of sulfonamides is 1. The van der Waals surface area contributed by atoms with Crippen molar-refractivity contribution >= 4 is 27.3 Å². The monoisotopic (exact) mass is 479 g/mol. The van der Waals surface area contributed by atoms with Crippen molar-refractivity contribution in [3.63, 3.8) is 0 Å². The normalized spacial score (nSPS) is 11.2. The lowest BCUT2D eigenvalue weighted by Gasteiger charge is -2.12. The van der Waals surface area contributed by atoms with Crippen molar-refractivity contribution in [3.05, 3.63) is 100 Å². The number of para-hydroxylation sites is 2. The molecule has 4 aromatic rings. The molecule has 2 aromatic carbocycles. The third-order valence-corrected chi connectivity index (χ3v) is 6.32. The molecule has 34 heavy (non-hydrogen) atoms. The summed E-state index contributed by atoms with van der Waals surface area (Å²) in [6.07, 6.45) is 1.63. The van der Waals surface area contributed by atoms with Gasteiger partial charge in [-0.15, -0.1) is 0 Å². The van der Waals surface area contributed by atoms with Crippen LogP contribution in [0.25, 0.3) is 5.65 Å². The van der Waals surface area contributed by atoms with Gasteiger partial charge in [-0.25, -0.2) is 18.2 Å². The number of rotatable bonds is 7. The molecule has 0 spiro atoms. The molecular formula is C24H21N3O6S. The van der Waals surface area contributed by atoms with Gasteiger partial charge in [0.1, 0.15) is 18.0 Å². The number of fused-ring (bicyclic) bond motifs is 1. The first-order valence-corrected chi connectivity index (χ1v) is 11.7. The van der Waals surface area contributed by atoms with Crippen LogP contribution in [-0.4, -0.2) is 30.9 Å². The molecule has 2 heterocycles. The van der Waals surface area contributed by atoms with Gasteiger partial charge in [0, 0.05) is 12.3 Å². The number of aromatic nitrogens is 2. The third-order valence-electron chi connectivity index (χ3n) is 4.96. The van der Waals surface area contributed by atoms with Crippen LogP contribution in [0.2, 0.25) is 0 Å². The van der Waals surface area contributed by atoms with Gasteiger partial charge in [0.2, 0.25) is 0 Å². The molecule has 9 nitrogen and oxygen atoms in total. The number of hydrogen-bond donors (Lipinski definition) is 1. The molecule has 0 amide bonds. The van der Waals surface area contributed by atoms with Crippen molar-refractivity contribution in [1.82, 2.24) is 9.38 Å². The number of aryl methyl sites for hydroxylation is 1. The number of carbonyl (C=O) groups excluding carboxylic acids is 1. The fraction of sp³-hybridized carbons (Fsp3) is 0.125. The number of ether oxygens (including phenoxy) is 2. The Labute approximate surface area is 195 Å². The lowest BCUT2D eigenvalue weighted by atomic mass is 10.2. The summed E-state index contributed by atoms with van der Waals surface area (Å²) >= 11 is 0. The predicted molar refractivity (Wildman–Crippen MR) is 126 cm³/mol. The van der Waals surface area contributed by atoms with E-state index in [0.29, 0.717) is 11.4 Å². The maximum Gasteiger partial charge on any atom is 0.338 e. The van der Waals surface area contributed by atoms with E-state index in [9.17, 15) is 18.0 Å². The molecule has 0 radical (unpaired) electrons. The van der Waals surface area contributed by atoms with E-state index in [4.69, 9.17) is 9.47 Å². The summed E-state index contributed by atoms with van der Waals surface area (Å²) in [4.78, 5) is 29.1. The van der Waals surface area contributed by atoms with E-state index in [1.807, 2.05) is 6.92 Å². The van der Waals surface area contributed by atoms with Crippen LogP contribution >= 0.6 is 0 Å². The highest BCUT2D eigenvalue weighted by Gasteiger charge is 2.19. The largest absolute Gasteiger partial charge is 0.495 e.